The van der Waals surface area contributed by atoms with Crippen molar-refractivity contribution < 1.29 is 9.47 Å². The Balaban J connectivity index is 3.14. The first-order valence-corrected chi connectivity index (χ1v) is 6.16. The summed E-state index contributed by atoms with van der Waals surface area (Å²) in [5.74, 6) is 0. The SMILES string of the molecule is COCCCNCCN(C)CCOC(C)C. The van der Waals surface area contributed by atoms with Crippen LogP contribution in [0.3, 0.4) is 0 Å². The van der Waals surface area contributed by atoms with Crippen LogP contribution in [0.2, 0.25) is 0 Å². The highest BCUT2D eigenvalue weighted by Crippen LogP contribution is 1.88. The fraction of sp³-hybridized carbons (Fsp3) is 1.00. The number of likely N-dealkylation sites (N-methyl/N-ethyl adjacent to an activating group) is 1. The van der Waals surface area contributed by atoms with Crippen molar-refractivity contribution in [2.45, 2.75) is 26.4 Å². The van der Waals surface area contributed by atoms with Crippen LogP contribution in [0.15, 0.2) is 0 Å². The van der Waals surface area contributed by atoms with Gasteiger partial charge in [-0.1, -0.05) is 0 Å². The summed E-state index contributed by atoms with van der Waals surface area (Å²) in [6.45, 7) is 9.91. The normalized spacial score (nSPS) is 11.6. The molecule has 0 amide bonds. The highest BCUT2D eigenvalue weighted by molar-refractivity contribution is 4.55. The van der Waals surface area contributed by atoms with Crippen molar-refractivity contribution in [3.8, 4) is 0 Å². The van der Waals surface area contributed by atoms with E-state index in [-0.39, 0.29) is 0 Å². The number of nitrogens with one attached hydrogen (secondary N) is 1. The molecule has 4 nitrogen and oxygen atoms in total. The Morgan fingerprint density at radius 2 is 1.88 bits per heavy atom. The molecule has 1 N–H and O–H groups in total. The van der Waals surface area contributed by atoms with Crippen LogP contribution in [0.4, 0.5) is 0 Å². The standard InChI is InChI=1S/C12H28N2O2/c1-12(2)16-11-9-14(3)8-7-13-6-5-10-15-4/h12-13H,5-11H2,1-4H3. The lowest BCUT2D eigenvalue weighted by molar-refractivity contribution is 0.0640. The second-order valence-electron chi connectivity index (χ2n) is 4.32. The third-order valence-corrected chi connectivity index (χ3v) is 2.30. The van der Waals surface area contributed by atoms with Gasteiger partial charge in [-0.3, -0.25) is 0 Å². The topological polar surface area (TPSA) is 33.7 Å². The summed E-state index contributed by atoms with van der Waals surface area (Å²) in [4.78, 5) is 2.28. The van der Waals surface area contributed by atoms with Gasteiger partial charge < -0.3 is 19.7 Å². The van der Waals surface area contributed by atoms with Crippen molar-refractivity contribution in [1.29, 1.82) is 0 Å². The van der Waals surface area contributed by atoms with E-state index >= 15 is 0 Å². The molecule has 0 aliphatic rings. The minimum Gasteiger partial charge on any atom is -0.385 e. The molecule has 0 rings (SSSR count). The van der Waals surface area contributed by atoms with Gasteiger partial charge in [0.25, 0.3) is 0 Å². The van der Waals surface area contributed by atoms with Crippen LogP contribution in [-0.2, 0) is 9.47 Å². The van der Waals surface area contributed by atoms with Gasteiger partial charge in [-0.25, -0.2) is 0 Å². The molecule has 0 unspecified atom stereocenters. The largest absolute Gasteiger partial charge is 0.385 e. The molecular weight excluding hydrogens is 204 g/mol. The van der Waals surface area contributed by atoms with E-state index < -0.39 is 0 Å². The minimum atomic E-state index is 0.334. The van der Waals surface area contributed by atoms with Gasteiger partial charge in [0.2, 0.25) is 0 Å². The Kier molecular flexibility index (Phi) is 11.2. The van der Waals surface area contributed by atoms with Crippen molar-refractivity contribution in [2.75, 3.05) is 53.6 Å². The number of hydrogen-bond donors (Lipinski definition) is 1. The fourth-order valence-electron chi connectivity index (χ4n) is 1.29. The fourth-order valence-corrected chi connectivity index (χ4v) is 1.29. The van der Waals surface area contributed by atoms with Crippen LogP contribution in [0, 0.1) is 0 Å². The smallest absolute Gasteiger partial charge is 0.0596 e. The third-order valence-electron chi connectivity index (χ3n) is 2.30. The van der Waals surface area contributed by atoms with E-state index in [1.54, 1.807) is 7.11 Å². The maximum atomic E-state index is 5.49. The van der Waals surface area contributed by atoms with Gasteiger partial charge in [0.15, 0.2) is 0 Å². The van der Waals surface area contributed by atoms with Gasteiger partial charge in [-0.15, -0.1) is 0 Å². The summed E-state index contributed by atoms with van der Waals surface area (Å²) in [5.41, 5.74) is 0. The Morgan fingerprint density at radius 1 is 1.12 bits per heavy atom. The average Bonchev–Trinajstić information content (AvgIpc) is 2.22. The van der Waals surface area contributed by atoms with Gasteiger partial charge >= 0.3 is 0 Å². The van der Waals surface area contributed by atoms with Gasteiger partial charge in [-0.05, 0) is 33.9 Å². The van der Waals surface area contributed by atoms with Crippen LogP contribution in [0.25, 0.3) is 0 Å². The lowest BCUT2D eigenvalue weighted by atomic mass is 10.4. The summed E-state index contributed by atoms with van der Waals surface area (Å²) in [7, 11) is 3.86. The number of hydrogen-bond acceptors (Lipinski definition) is 4. The molecule has 0 aliphatic carbocycles. The first kappa shape index (κ1) is 15.8. The molecule has 0 heterocycles. The second-order valence-corrected chi connectivity index (χ2v) is 4.32. The van der Waals surface area contributed by atoms with E-state index in [1.165, 1.54) is 0 Å². The van der Waals surface area contributed by atoms with E-state index in [1.807, 2.05) is 0 Å². The van der Waals surface area contributed by atoms with Gasteiger partial charge in [0, 0.05) is 33.4 Å². The maximum Gasteiger partial charge on any atom is 0.0596 e. The molecule has 0 aromatic heterocycles. The van der Waals surface area contributed by atoms with Crippen molar-refractivity contribution in [3.63, 3.8) is 0 Å². The molecule has 4 heteroatoms. The monoisotopic (exact) mass is 232 g/mol. The molecule has 0 aliphatic heterocycles. The van der Waals surface area contributed by atoms with Crippen molar-refractivity contribution >= 4 is 0 Å². The first-order chi connectivity index (χ1) is 7.66. The van der Waals surface area contributed by atoms with Gasteiger partial charge in [0.05, 0.1) is 12.7 Å². The van der Waals surface area contributed by atoms with E-state index in [4.69, 9.17) is 9.47 Å². The average molecular weight is 232 g/mol. The molecule has 0 atom stereocenters. The lowest BCUT2D eigenvalue weighted by Gasteiger charge is -2.17. The number of ether oxygens (including phenoxy) is 2. The molecule has 0 fully saturated rings. The quantitative estimate of drug-likeness (QED) is 0.538. The summed E-state index contributed by atoms with van der Waals surface area (Å²) in [6, 6.07) is 0. The second kappa shape index (κ2) is 11.3. The zero-order valence-electron chi connectivity index (χ0n) is 11.3. The van der Waals surface area contributed by atoms with Crippen molar-refractivity contribution in [2.24, 2.45) is 0 Å². The molecule has 0 bridgehead atoms. The summed E-state index contributed by atoms with van der Waals surface area (Å²) in [6.07, 6.45) is 1.41. The zero-order chi connectivity index (χ0) is 12.2. The van der Waals surface area contributed by atoms with Crippen LogP contribution >= 0.6 is 0 Å². The Morgan fingerprint density at radius 3 is 2.50 bits per heavy atom. The zero-order valence-corrected chi connectivity index (χ0v) is 11.3. The van der Waals surface area contributed by atoms with Gasteiger partial charge in [0.1, 0.15) is 0 Å². The molecule has 0 spiro atoms. The molecular formula is C12H28N2O2. The molecule has 0 saturated heterocycles. The predicted molar refractivity (Wildman–Crippen MR) is 67.9 cm³/mol. The number of nitrogens with zero attached hydrogens (tertiary/aromatic N) is 1. The molecule has 0 aromatic rings. The maximum absolute atomic E-state index is 5.49. The highest BCUT2D eigenvalue weighted by atomic mass is 16.5. The minimum absolute atomic E-state index is 0.334. The van der Waals surface area contributed by atoms with Crippen LogP contribution < -0.4 is 5.32 Å². The molecule has 0 aromatic carbocycles. The molecule has 0 saturated carbocycles. The third kappa shape index (κ3) is 11.9. The Hall–Kier alpha value is -0.160. The Bertz CT molecular complexity index is 143. The van der Waals surface area contributed by atoms with Crippen LogP contribution in [0.1, 0.15) is 20.3 Å². The molecule has 0 radical (unpaired) electrons. The van der Waals surface area contributed by atoms with Crippen LogP contribution in [0.5, 0.6) is 0 Å². The van der Waals surface area contributed by atoms with E-state index in [0.717, 1.165) is 45.8 Å². The first-order valence-electron chi connectivity index (χ1n) is 6.16. The summed E-state index contributed by atoms with van der Waals surface area (Å²) in [5, 5.41) is 3.39. The number of rotatable bonds is 11. The predicted octanol–water partition coefficient (Wildman–Crippen LogP) is 0.969. The van der Waals surface area contributed by atoms with Crippen molar-refractivity contribution in [1.82, 2.24) is 10.2 Å². The van der Waals surface area contributed by atoms with Crippen LogP contribution in [-0.4, -0.2) is 64.6 Å². The van der Waals surface area contributed by atoms with E-state index in [2.05, 4.69) is 31.1 Å². The highest BCUT2D eigenvalue weighted by Gasteiger charge is 1.99. The number of methoxy groups -OCH3 is 1. The summed E-state index contributed by atoms with van der Waals surface area (Å²) < 4.78 is 10.5. The summed E-state index contributed by atoms with van der Waals surface area (Å²) >= 11 is 0. The van der Waals surface area contributed by atoms with Gasteiger partial charge in [-0.2, -0.15) is 0 Å². The Labute approximate surface area is 100 Å². The molecule has 98 valence electrons. The van der Waals surface area contributed by atoms with E-state index in [9.17, 15) is 0 Å². The van der Waals surface area contributed by atoms with Crippen molar-refractivity contribution in [3.05, 3.63) is 0 Å². The molecule has 16 heavy (non-hydrogen) atoms. The lowest BCUT2D eigenvalue weighted by Crippen LogP contribution is -2.32. The van der Waals surface area contributed by atoms with E-state index in [0.29, 0.717) is 6.10 Å².